The third kappa shape index (κ3) is 3.24. The number of thiophene rings is 2. The molecule has 1 aromatic carbocycles. The fraction of sp³-hybridized carbons (Fsp3) is 0. The van der Waals surface area contributed by atoms with Gasteiger partial charge in [-0.3, -0.25) is 5.41 Å². The Hall–Kier alpha value is -1.89. The number of carbonyl (C=O) groups is 1. The van der Waals surface area contributed by atoms with Gasteiger partial charge in [0.2, 0.25) is 0 Å². The lowest BCUT2D eigenvalue weighted by atomic mass is 10.2. The molecule has 0 atom stereocenters. The molecule has 0 aliphatic carbocycles. The lowest BCUT2D eigenvalue weighted by Gasteiger charge is -2.02. The van der Waals surface area contributed by atoms with Crippen molar-refractivity contribution in [3.05, 3.63) is 51.5 Å². The van der Waals surface area contributed by atoms with E-state index in [-0.39, 0.29) is 24.2 Å². The highest BCUT2D eigenvalue weighted by atomic mass is 35.5. The Kier molecular flexibility index (Phi) is 4.62. The van der Waals surface area contributed by atoms with Crippen LogP contribution < -0.4 is 10.5 Å². The lowest BCUT2D eigenvalue weighted by Crippen LogP contribution is -2.08. The number of esters is 1. The average Bonchev–Trinajstić information content (AvgIpc) is 3.07. The standard InChI is InChI=1S/C14H10N2O2S2.ClH/c15-13(16)12-6-8-3-4-9(7-11(8)20-12)18-14(17)10-2-1-5-19-10;/h1-7H,(H3,15,16);1H. The maximum atomic E-state index is 11.9. The van der Waals surface area contributed by atoms with E-state index in [2.05, 4.69) is 0 Å². The average molecular weight is 339 g/mol. The number of rotatable bonds is 3. The zero-order chi connectivity index (χ0) is 14.1. The number of benzene rings is 1. The first-order valence-corrected chi connectivity index (χ1v) is 7.47. The second-order valence-corrected chi connectivity index (χ2v) is 6.12. The molecular weight excluding hydrogens is 328 g/mol. The van der Waals surface area contributed by atoms with E-state index < -0.39 is 0 Å². The van der Waals surface area contributed by atoms with E-state index in [0.29, 0.717) is 15.5 Å². The molecule has 21 heavy (non-hydrogen) atoms. The van der Waals surface area contributed by atoms with Crippen LogP contribution in [-0.4, -0.2) is 11.8 Å². The lowest BCUT2D eigenvalue weighted by molar-refractivity contribution is 0.0740. The molecule has 4 nitrogen and oxygen atoms in total. The number of fused-ring (bicyclic) bond motifs is 1. The summed E-state index contributed by atoms with van der Waals surface area (Å²) in [5.41, 5.74) is 5.47. The molecule has 0 saturated carbocycles. The van der Waals surface area contributed by atoms with E-state index in [4.69, 9.17) is 15.9 Å². The van der Waals surface area contributed by atoms with Gasteiger partial charge in [0.25, 0.3) is 0 Å². The second kappa shape index (κ2) is 6.26. The molecule has 3 N–H and O–H groups in total. The molecule has 3 aromatic rings. The molecule has 2 aromatic heterocycles. The molecule has 3 rings (SSSR count). The Bertz CT molecular complexity index is 797. The molecule has 108 valence electrons. The third-order valence-electron chi connectivity index (χ3n) is 2.69. The summed E-state index contributed by atoms with van der Waals surface area (Å²) in [7, 11) is 0. The highest BCUT2D eigenvalue weighted by Crippen LogP contribution is 2.29. The van der Waals surface area contributed by atoms with Gasteiger partial charge in [-0.1, -0.05) is 6.07 Å². The predicted octanol–water partition coefficient (Wildman–Crippen LogP) is 3.89. The van der Waals surface area contributed by atoms with E-state index in [0.717, 1.165) is 10.1 Å². The molecule has 2 heterocycles. The first-order chi connectivity index (χ1) is 9.63. The van der Waals surface area contributed by atoms with Crippen LogP contribution in [0.25, 0.3) is 10.1 Å². The number of amidine groups is 1. The summed E-state index contributed by atoms with van der Waals surface area (Å²) >= 11 is 2.75. The fourth-order valence-electron chi connectivity index (χ4n) is 1.76. The Morgan fingerprint density at radius 3 is 2.67 bits per heavy atom. The Labute approximate surface area is 135 Å². The van der Waals surface area contributed by atoms with Crippen molar-refractivity contribution in [1.82, 2.24) is 0 Å². The van der Waals surface area contributed by atoms with Crippen molar-refractivity contribution in [3.63, 3.8) is 0 Å². The SMILES string of the molecule is Cl.N=C(N)c1cc2ccc(OC(=O)c3cccs3)cc2s1. The predicted molar refractivity (Wildman–Crippen MR) is 89.4 cm³/mol. The summed E-state index contributed by atoms with van der Waals surface area (Å²) in [6.07, 6.45) is 0. The second-order valence-electron chi connectivity index (χ2n) is 4.09. The Balaban J connectivity index is 0.00000161. The molecule has 0 saturated heterocycles. The maximum absolute atomic E-state index is 11.9. The van der Waals surface area contributed by atoms with Crippen LogP contribution in [0.3, 0.4) is 0 Å². The van der Waals surface area contributed by atoms with Gasteiger partial charge in [-0.2, -0.15) is 0 Å². The third-order valence-corrected chi connectivity index (χ3v) is 4.67. The van der Waals surface area contributed by atoms with E-state index in [1.165, 1.54) is 22.7 Å². The smallest absolute Gasteiger partial charge is 0.353 e. The quantitative estimate of drug-likeness (QED) is 0.329. The van der Waals surface area contributed by atoms with Crippen molar-refractivity contribution < 1.29 is 9.53 Å². The summed E-state index contributed by atoms with van der Waals surface area (Å²) in [5.74, 6) is 0.180. The van der Waals surface area contributed by atoms with Crippen molar-refractivity contribution in [3.8, 4) is 5.75 Å². The van der Waals surface area contributed by atoms with Crippen LogP contribution in [0.5, 0.6) is 5.75 Å². The minimum Gasteiger partial charge on any atom is -0.422 e. The van der Waals surface area contributed by atoms with Crippen LogP contribution in [0.1, 0.15) is 14.5 Å². The van der Waals surface area contributed by atoms with Gasteiger partial charge in [-0.15, -0.1) is 35.1 Å². The molecular formula is C14H11ClN2O2S2. The molecule has 0 aliphatic heterocycles. The van der Waals surface area contributed by atoms with Gasteiger partial charge in [-0.05, 0) is 41.1 Å². The van der Waals surface area contributed by atoms with Crippen LogP contribution in [0.2, 0.25) is 0 Å². The number of carbonyl (C=O) groups excluding carboxylic acids is 1. The number of halogens is 1. The number of nitrogens with two attached hydrogens (primary N) is 1. The fourth-order valence-corrected chi connectivity index (χ4v) is 3.31. The molecule has 7 heteroatoms. The Morgan fingerprint density at radius 2 is 2.00 bits per heavy atom. The molecule has 0 bridgehead atoms. The molecule has 0 aliphatic rings. The van der Waals surface area contributed by atoms with Gasteiger partial charge < -0.3 is 10.5 Å². The van der Waals surface area contributed by atoms with E-state index in [9.17, 15) is 4.79 Å². The van der Waals surface area contributed by atoms with Crippen LogP contribution in [0, 0.1) is 5.41 Å². The molecule has 0 unspecified atom stereocenters. The minimum absolute atomic E-state index is 0. The summed E-state index contributed by atoms with van der Waals surface area (Å²) in [5, 5.41) is 10.2. The molecule has 0 radical (unpaired) electrons. The number of nitrogens with one attached hydrogen (secondary N) is 1. The zero-order valence-electron chi connectivity index (χ0n) is 10.7. The summed E-state index contributed by atoms with van der Waals surface area (Å²) in [6.45, 7) is 0. The van der Waals surface area contributed by atoms with Crippen LogP contribution in [-0.2, 0) is 0 Å². The molecule has 0 fully saturated rings. The van der Waals surface area contributed by atoms with Crippen molar-refractivity contribution >= 4 is 57.0 Å². The van der Waals surface area contributed by atoms with Gasteiger partial charge in [0.05, 0.1) is 4.88 Å². The number of hydrogen-bond acceptors (Lipinski definition) is 5. The van der Waals surface area contributed by atoms with Crippen LogP contribution in [0.4, 0.5) is 0 Å². The molecule has 0 amide bonds. The largest absolute Gasteiger partial charge is 0.422 e. The highest BCUT2D eigenvalue weighted by Gasteiger charge is 2.11. The first-order valence-electron chi connectivity index (χ1n) is 5.77. The van der Waals surface area contributed by atoms with Crippen molar-refractivity contribution in [2.45, 2.75) is 0 Å². The van der Waals surface area contributed by atoms with Crippen molar-refractivity contribution in [2.24, 2.45) is 5.73 Å². The van der Waals surface area contributed by atoms with Crippen LogP contribution in [0.15, 0.2) is 41.8 Å². The Morgan fingerprint density at radius 1 is 1.19 bits per heavy atom. The van der Waals surface area contributed by atoms with Gasteiger partial charge in [0, 0.05) is 4.70 Å². The zero-order valence-corrected chi connectivity index (χ0v) is 13.1. The van der Waals surface area contributed by atoms with Gasteiger partial charge in [0.1, 0.15) is 16.5 Å². The van der Waals surface area contributed by atoms with Gasteiger partial charge in [0.15, 0.2) is 0 Å². The van der Waals surface area contributed by atoms with E-state index in [1.54, 1.807) is 18.2 Å². The summed E-state index contributed by atoms with van der Waals surface area (Å²) in [4.78, 5) is 13.1. The topological polar surface area (TPSA) is 76.2 Å². The monoisotopic (exact) mass is 338 g/mol. The summed E-state index contributed by atoms with van der Waals surface area (Å²) in [6, 6.07) is 10.8. The van der Waals surface area contributed by atoms with Crippen LogP contribution >= 0.6 is 35.1 Å². The highest BCUT2D eigenvalue weighted by molar-refractivity contribution is 7.20. The number of ether oxygens (including phenoxy) is 1. The summed E-state index contributed by atoms with van der Waals surface area (Å²) < 4.78 is 6.27. The molecule has 0 spiro atoms. The minimum atomic E-state index is -0.359. The van der Waals surface area contributed by atoms with Crippen molar-refractivity contribution in [2.75, 3.05) is 0 Å². The van der Waals surface area contributed by atoms with Crippen molar-refractivity contribution in [1.29, 1.82) is 5.41 Å². The maximum Gasteiger partial charge on any atom is 0.353 e. The first kappa shape index (κ1) is 15.5. The van der Waals surface area contributed by atoms with Gasteiger partial charge in [-0.25, -0.2) is 4.79 Å². The normalized spacial score (nSPS) is 10.1. The van der Waals surface area contributed by atoms with E-state index in [1.807, 2.05) is 23.6 Å². The number of hydrogen-bond donors (Lipinski definition) is 2. The van der Waals surface area contributed by atoms with E-state index >= 15 is 0 Å². The number of nitrogen functional groups attached to an aromatic ring is 1. The van der Waals surface area contributed by atoms with Gasteiger partial charge >= 0.3 is 5.97 Å².